The second kappa shape index (κ2) is 12.4. The lowest BCUT2D eigenvalue weighted by Crippen LogP contribution is -2.58. The van der Waals surface area contributed by atoms with Crippen LogP contribution in [0.5, 0.6) is 5.75 Å². The van der Waals surface area contributed by atoms with Gasteiger partial charge in [-0.15, -0.1) is 13.2 Å². The molecule has 2 atom stereocenters. The summed E-state index contributed by atoms with van der Waals surface area (Å²) in [5.41, 5.74) is 1.91. The second-order valence-electron chi connectivity index (χ2n) is 11.0. The molecule has 2 heterocycles. The minimum absolute atomic E-state index is 0.0163. The third-order valence-electron chi connectivity index (χ3n) is 7.97. The fourth-order valence-electron chi connectivity index (χ4n) is 5.86. The number of rotatable bonds is 7. The quantitative estimate of drug-likeness (QED) is 0.462. The topological polar surface area (TPSA) is 53.1 Å². The van der Waals surface area contributed by atoms with Crippen molar-refractivity contribution in [2.75, 3.05) is 32.7 Å². The van der Waals surface area contributed by atoms with E-state index in [2.05, 4.69) is 23.5 Å². The van der Waals surface area contributed by atoms with Crippen LogP contribution in [0.15, 0.2) is 54.6 Å². The number of amides is 2. The Kier molecular flexibility index (Phi) is 9.20. The largest absolute Gasteiger partial charge is 0.573 e. The lowest BCUT2D eigenvalue weighted by Gasteiger charge is -2.47. The molecule has 6 nitrogen and oxygen atoms in total. The maximum atomic E-state index is 13.5. The molecule has 0 saturated carbocycles. The van der Waals surface area contributed by atoms with Crippen LogP contribution in [-0.4, -0.2) is 71.6 Å². The van der Waals surface area contributed by atoms with Crippen molar-refractivity contribution in [1.82, 2.24) is 14.7 Å². The second-order valence-corrected chi connectivity index (χ2v) is 11.0. The van der Waals surface area contributed by atoms with Crippen LogP contribution in [0.25, 0.3) is 0 Å². The number of likely N-dealkylation sites (tertiary alicyclic amines) is 1. The highest BCUT2D eigenvalue weighted by atomic mass is 19.4. The van der Waals surface area contributed by atoms with Crippen molar-refractivity contribution >= 4 is 11.8 Å². The minimum Gasteiger partial charge on any atom is -0.406 e. The van der Waals surface area contributed by atoms with Crippen LogP contribution in [0.1, 0.15) is 57.2 Å². The Morgan fingerprint density at radius 1 is 0.923 bits per heavy atom. The molecular weight excluding hydrogens is 507 g/mol. The number of carbonyl (C=O) groups is 2. The fraction of sp³-hybridized carbons (Fsp3) is 0.533. The van der Waals surface area contributed by atoms with Crippen molar-refractivity contribution in [3.05, 3.63) is 65.7 Å². The van der Waals surface area contributed by atoms with E-state index in [9.17, 15) is 22.8 Å². The van der Waals surface area contributed by atoms with Crippen LogP contribution in [-0.2, 0) is 9.59 Å². The van der Waals surface area contributed by atoms with Gasteiger partial charge >= 0.3 is 6.36 Å². The maximum Gasteiger partial charge on any atom is 0.573 e. The van der Waals surface area contributed by atoms with Gasteiger partial charge in [0.25, 0.3) is 0 Å². The molecule has 0 N–H and O–H groups in total. The van der Waals surface area contributed by atoms with Crippen molar-refractivity contribution in [2.45, 2.75) is 58.5 Å². The summed E-state index contributed by atoms with van der Waals surface area (Å²) in [6.45, 7) is 9.16. The number of halogens is 3. The van der Waals surface area contributed by atoms with Crippen LogP contribution in [0, 0.1) is 11.8 Å². The van der Waals surface area contributed by atoms with Crippen molar-refractivity contribution in [1.29, 1.82) is 0 Å². The summed E-state index contributed by atoms with van der Waals surface area (Å²) in [4.78, 5) is 31.3. The molecule has 0 spiro atoms. The Bertz CT molecular complexity index is 1100. The molecule has 0 radical (unpaired) electrons. The van der Waals surface area contributed by atoms with Gasteiger partial charge in [-0.2, -0.15) is 0 Å². The Balaban J connectivity index is 1.49. The molecule has 212 valence electrons. The number of benzene rings is 2. The van der Waals surface area contributed by atoms with Gasteiger partial charge in [-0.05, 0) is 47.9 Å². The Labute approximate surface area is 228 Å². The van der Waals surface area contributed by atoms with Crippen LogP contribution in [0.4, 0.5) is 13.2 Å². The van der Waals surface area contributed by atoms with Gasteiger partial charge in [0.05, 0.1) is 6.04 Å². The lowest BCUT2D eigenvalue weighted by atomic mass is 9.90. The van der Waals surface area contributed by atoms with Crippen molar-refractivity contribution in [3.8, 4) is 5.75 Å². The number of piperazine rings is 1. The molecule has 2 fully saturated rings. The fourth-order valence-corrected chi connectivity index (χ4v) is 5.86. The third-order valence-corrected chi connectivity index (χ3v) is 7.97. The highest BCUT2D eigenvalue weighted by Crippen LogP contribution is 2.34. The minimum atomic E-state index is -4.74. The van der Waals surface area contributed by atoms with Gasteiger partial charge in [0, 0.05) is 52.1 Å². The molecule has 2 saturated heterocycles. The van der Waals surface area contributed by atoms with Crippen LogP contribution in [0.2, 0.25) is 0 Å². The van der Waals surface area contributed by atoms with Gasteiger partial charge in [0.15, 0.2) is 0 Å². The van der Waals surface area contributed by atoms with E-state index in [1.54, 1.807) is 19.1 Å². The molecule has 2 aliphatic rings. The van der Waals surface area contributed by atoms with E-state index in [4.69, 9.17) is 0 Å². The van der Waals surface area contributed by atoms with E-state index in [1.807, 2.05) is 40.1 Å². The molecular formula is C30H38F3N3O3. The van der Waals surface area contributed by atoms with Crippen molar-refractivity contribution < 1.29 is 27.5 Å². The Hall–Kier alpha value is -3.07. The molecule has 1 unspecified atom stereocenters. The number of ether oxygens (including phenoxy) is 1. The summed E-state index contributed by atoms with van der Waals surface area (Å²) in [7, 11) is 0. The third kappa shape index (κ3) is 7.53. The lowest BCUT2D eigenvalue weighted by molar-refractivity contribution is -0.274. The first-order valence-corrected chi connectivity index (χ1v) is 13.7. The van der Waals surface area contributed by atoms with Crippen molar-refractivity contribution in [2.24, 2.45) is 11.8 Å². The number of hydrogen-bond acceptors (Lipinski definition) is 4. The molecule has 2 aromatic carbocycles. The molecule has 4 rings (SSSR count). The van der Waals surface area contributed by atoms with Gasteiger partial charge in [-0.3, -0.25) is 14.5 Å². The Morgan fingerprint density at radius 3 is 2.10 bits per heavy atom. The summed E-state index contributed by atoms with van der Waals surface area (Å²) in [5.74, 6) is 0.525. The van der Waals surface area contributed by atoms with E-state index in [0.717, 1.165) is 24.0 Å². The average Bonchev–Trinajstić information content (AvgIpc) is 2.90. The van der Waals surface area contributed by atoms with Crippen LogP contribution in [0.3, 0.4) is 0 Å². The van der Waals surface area contributed by atoms with Gasteiger partial charge < -0.3 is 14.5 Å². The first kappa shape index (κ1) is 28.9. The molecule has 0 bridgehead atoms. The van der Waals surface area contributed by atoms with Crippen LogP contribution < -0.4 is 4.74 Å². The number of carbonyl (C=O) groups excluding carboxylic acids is 2. The van der Waals surface area contributed by atoms with Crippen molar-refractivity contribution in [3.63, 3.8) is 0 Å². The summed E-state index contributed by atoms with van der Waals surface area (Å²) < 4.78 is 42.2. The van der Waals surface area contributed by atoms with E-state index in [1.165, 1.54) is 12.1 Å². The summed E-state index contributed by atoms with van der Waals surface area (Å²) in [6.07, 6.45) is -2.54. The maximum absolute atomic E-state index is 13.5. The molecule has 39 heavy (non-hydrogen) atoms. The average molecular weight is 546 g/mol. The molecule has 2 amide bonds. The van der Waals surface area contributed by atoms with E-state index < -0.39 is 6.36 Å². The predicted molar refractivity (Wildman–Crippen MR) is 143 cm³/mol. The van der Waals surface area contributed by atoms with E-state index in [0.29, 0.717) is 39.1 Å². The first-order valence-electron chi connectivity index (χ1n) is 13.7. The first-order chi connectivity index (χ1) is 18.5. The molecule has 0 aliphatic carbocycles. The number of nitrogens with zero attached hydrogens (tertiary/aromatic N) is 3. The van der Waals surface area contributed by atoms with Crippen LogP contribution >= 0.6 is 0 Å². The monoisotopic (exact) mass is 545 g/mol. The van der Waals surface area contributed by atoms with E-state index in [-0.39, 0.29) is 41.5 Å². The van der Waals surface area contributed by atoms with Gasteiger partial charge in [-0.1, -0.05) is 56.3 Å². The number of hydrogen-bond donors (Lipinski definition) is 0. The highest BCUT2D eigenvalue weighted by Gasteiger charge is 2.37. The Morgan fingerprint density at radius 2 is 1.54 bits per heavy atom. The highest BCUT2D eigenvalue weighted by molar-refractivity contribution is 5.77. The number of alkyl halides is 3. The summed E-state index contributed by atoms with van der Waals surface area (Å²) in [5, 5.41) is 0. The number of piperidine rings is 1. The zero-order valence-electron chi connectivity index (χ0n) is 22.9. The predicted octanol–water partition coefficient (Wildman–Crippen LogP) is 5.49. The molecule has 2 aromatic rings. The SMILES string of the molecule is CC(=O)N1CCC(CC(=O)N2CCN(C(c3ccccc3)c3ccc(OC(F)(F)F)cc3)C[C@@H]2C(C)C)CC1. The zero-order valence-corrected chi connectivity index (χ0v) is 22.9. The van der Waals surface area contributed by atoms with Gasteiger partial charge in [0.2, 0.25) is 11.8 Å². The normalized spacial score (nSPS) is 20.2. The van der Waals surface area contributed by atoms with Gasteiger partial charge in [-0.25, -0.2) is 0 Å². The molecule has 0 aromatic heterocycles. The summed E-state index contributed by atoms with van der Waals surface area (Å²) in [6, 6.07) is 15.9. The smallest absolute Gasteiger partial charge is 0.406 e. The summed E-state index contributed by atoms with van der Waals surface area (Å²) >= 11 is 0. The standard InChI is InChI=1S/C30H38F3N3O3/c1-21(2)27-20-35(17-18-36(27)28(38)19-23-13-15-34(16-14-23)22(3)37)29(24-7-5-4-6-8-24)25-9-11-26(12-10-25)39-30(31,32)33/h4-12,21,23,27,29H,13-20H2,1-3H3/t27-,29?/m1/s1. The molecule has 2 aliphatic heterocycles. The zero-order chi connectivity index (χ0) is 28.2. The van der Waals surface area contributed by atoms with Gasteiger partial charge in [0.1, 0.15) is 5.75 Å². The van der Waals surface area contributed by atoms with E-state index >= 15 is 0 Å². The molecule has 9 heteroatoms.